The highest BCUT2D eigenvalue weighted by molar-refractivity contribution is 5.86. The predicted molar refractivity (Wildman–Crippen MR) is 70.1 cm³/mol. The maximum absolute atomic E-state index is 12.4. The van der Waals surface area contributed by atoms with E-state index in [1.807, 2.05) is 0 Å². The number of amides is 3. The monoisotopic (exact) mass is 303 g/mol. The van der Waals surface area contributed by atoms with Gasteiger partial charge in [-0.15, -0.1) is 0 Å². The standard InChI is InChI=1S/C13H16F3N3O2/c1-8(18-12(17)21)11(20)19(2)7-9-3-5-10(6-4-9)13(14,15)16/h3-6,8H,7H2,1-2H3,(H3,17,18,21). The highest BCUT2D eigenvalue weighted by Gasteiger charge is 2.30. The van der Waals surface area contributed by atoms with E-state index < -0.39 is 29.7 Å². The van der Waals surface area contributed by atoms with E-state index in [2.05, 4.69) is 5.32 Å². The van der Waals surface area contributed by atoms with E-state index >= 15 is 0 Å². The summed E-state index contributed by atoms with van der Waals surface area (Å²) < 4.78 is 37.3. The zero-order valence-electron chi connectivity index (χ0n) is 11.6. The zero-order chi connectivity index (χ0) is 16.2. The van der Waals surface area contributed by atoms with Crippen molar-refractivity contribution >= 4 is 11.9 Å². The van der Waals surface area contributed by atoms with Crippen LogP contribution in [0.3, 0.4) is 0 Å². The number of hydrogen-bond donors (Lipinski definition) is 2. The molecule has 1 aromatic carbocycles. The highest BCUT2D eigenvalue weighted by atomic mass is 19.4. The molecule has 5 nitrogen and oxygen atoms in total. The van der Waals surface area contributed by atoms with E-state index in [1.54, 1.807) is 0 Å². The highest BCUT2D eigenvalue weighted by Crippen LogP contribution is 2.29. The van der Waals surface area contributed by atoms with Gasteiger partial charge in [0.2, 0.25) is 5.91 Å². The molecule has 0 saturated carbocycles. The van der Waals surface area contributed by atoms with Crippen molar-refractivity contribution in [3.8, 4) is 0 Å². The summed E-state index contributed by atoms with van der Waals surface area (Å²) in [5.74, 6) is -0.395. The van der Waals surface area contributed by atoms with Crippen LogP contribution in [0.1, 0.15) is 18.1 Å². The van der Waals surface area contributed by atoms with Gasteiger partial charge in [0.1, 0.15) is 6.04 Å². The third kappa shape index (κ3) is 4.97. The lowest BCUT2D eigenvalue weighted by Gasteiger charge is -2.21. The van der Waals surface area contributed by atoms with Gasteiger partial charge in [-0.05, 0) is 24.6 Å². The van der Waals surface area contributed by atoms with E-state index in [0.717, 1.165) is 12.1 Å². The van der Waals surface area contributed by atoms with E-state index in [4.69, 9.17) is 5.73 Å². The smallest absolute Gasteiger partial charge is 0.352 e. The van der Waals surface area contributed by atoms with Gasteiger partial charge in [0.15, 0.2) is 0 Å². The zero-order valence-corrected chi connectivity index (χ0v) is 11.6. The summed E-state index contributed by atoms with van der Waals surface area (Å²) in [6, 6.07) is 2.90. The Bertz CT molecular complexity index is 514. The summed E-state index contributed by atoms with van der Waals surface area (Å²) in [5.41, 5.74) is 4.71. The van der Waals surface area contributed by atoms with Crippen LogP contribution in [0.5, 0.6) is 0 Å². The van der Waals surface area contributed by atoms with Crippen molar-refractivity contribution in [1.82, 2.24) is 10.2 Å². The average Bonchev–Trinajstić information content (AvgIpc) is 2.36. The van der Waals surface area contributed by atoms with Crippen LogP contribution in [0.4, 0.5) is 18.0 Å². The second-order valence-corrected chi connectivity index (χ2v) is 4.62. The number of nitrogens with zero attached hydrogens (tertiary/aromatic N) is 1. The first-order valence-electron chi connectivity index (χ1n) is 6.08. The van der Waals surface area contributed by atoms with Crippen molar-refractivity contribution in [2.24, 2.45) is 5.73 Å². The number of halogens is 3. The summed E-state index contributed by atoms with van der Waals surface area (Å²) in [4.78, 5) is 23.8. The molecule has 0 aliphatic carbocycles. The summed E-state index contributed by atoms with van der Waals surface area (Å²) in [6.07, 6.45) is -4.39. The Morgan fingerprint density at radius 1 is 1.29 bits per heavy atom. The molecule has 3 amide bonds. The average molecular weight is 303 g/mol. The number of nitrogens with two attached hydrogens (primary N) is 1. The van der Waals surface area contributed by atoms with Gasteiger partial charge in [0.05, 0.1) is 5.56 Å². The van der Waals surface area contributed by atoms with Crippen LogP contribution >= 0.6 is 0 Å². The first-order chi connectivity index (χ1) is 9.61. The number of alkyl halides is 3. The van der Waals surface area contributed by atoms with Crippen LogP contribution in [0.25, 0.3) is 0 Å². The van der Waals surface area contributed by atoms with E-state index in [9.17, 15) is 22.8 Å². The number of likely N-dealkylation sites (N-methyl/N-ethyl adjacent to an activating group) is 1. The number of carbonyl (C=O) groups excluding carboxylic acids is 2. The third-order valence-corrected chi connectivity index (χ3v) is 2.81. The molecule has 0 aliphatic rings. The molecule has 0 radical (unpaired) electrons. The molecule has 0 fully saturated rings. The maximum Gasteiger partial charge on any atom is 0.416 e. The van der Waals surface area contributed by atoms with Gasteiger partial charge in [0.25, 0.3) is 0 Å². The lowest BCUT2D eigenvalue weighted by atomic mass is 10.1. The minimum absolute atomic E-state index is 0.127. The molecule has 0 spiro atoms. The lowest BCUT2D eigenvalue weighted by Crippen LogP contribution is -2.47. The fourth-order valence-electron chi connectivity index (χ4n) is 1.76. The molecule has 0 heterocycles. The molecule has 0 bridgehead atoms. The number of primary amides is 1. The fourth-order valence-corrected chi connectivity index (χ4v) is 1.76. The molecular formula is C13H16F3N3O2. The molecule has 1 aromatic rings. The Hall–Kier alpha value is -2.25. The Morgan fingerprint density at radius 3 is 2.24 bits per heavy atom. The van der Waals surface area contributed by atoms with Crippen molar-refractivity contribution in [1.29, 1.82) is 0 Å². The van der Waals surface area contributed by atoms with E-state index in [-0.39, 0.29) is 6.54 Å². The number of benzene rings is 1. The van der Waals surface area contributed by atoms with Crippen molar-refractivity contribution in [2.75, 3.05) is 7.05 Å². The van der Waals surface area contributed by atoms with Crippen molar-refractivity contribution in [2.45, 2.75) is 25.7 Å². The largest absolute Gasteiger partial charge is 0.416 e. The van der Waals surface area contributed by atoms with Crippen molar-refractivity contribution < 1.29 is 22.8 Å². The minimum Gasteiger partial charge on any atom is -0.352 e. The van der Waals surface area contributed by atoms with Crippen LogP contribution in [0.2, 0.25) is 0 Å². The Morgan fingerprint density at radius 2 is 1.81 bits per heavy atom. The number of carbonyl (C=O) groups is 2. The topological polar surface area (TPSA) is 75.4 Å². The first-order valence-corrected chi connectivity index (χ1v) is 6.08. The molecule has 0 aliphatic heterocycles. The third-order valence-electron chi connectivity index (χ3n) is 2.81. The molecule has 116 valence electrons. The normalized spacial score (nSPS) is 12.6. The second kappa shape index (κ2) is 6.47. The van der Waals surface area contributed by atoms with E-state index in [1.165, 1.54) is 31.0 Å². The molecule has 3 N–H and O–H groups in total. The van der Waals surface area contributed by atoms with Crippen LogP contribution in [-0.4, -0.2) is 29.9 Å². The Kier molecular flexibility index (Phi) is 5.17. The molecule has 1 unspecified atom stereocenters. The van der Waals surface area contributed by atoms with Gasteiger partial charge in [-0.2, -0.15) is 13.2 Å². The molecule has 0 aromatic heterocycles. The Balaban J connectivity index is 2.68. The van der Waals surface area contributed by atoms with Gasteiger partial charge < -0.3 is 16.0 Å². The number of rotatable bonds is 4. The number of nitrogens with one attached hydrogen (secondary N) is 1. The molecule has 0 saturated heterocycles. The maximum atomic E-state index is 12.4. The summed E-state index contributed by atoms with van der Waals surface area (Å²) >= 11 is 0. The molecule has 1 rings (SSSR count). The lowest BCUT2D eigenvalue weighted by molar-refractivity contribution is -0.137. The van der Waals surface area contributed by atoms with E-state index in [0.29, 0.717) is 5.56 Å². The van der Waals surface area contributed by atoms with Gasteiger partial charge in [-0.1, -0.05) is 12.1 Å². The van der Waals surface area contributed by atoms with Crippen molar-refractivity contribution in [3.63, 3.8) is 0 Å². The van der Waals surface area contributed by atoms with Gasteiger partial charge >= 0.3 is 12.2 Å². The summed E-state index contributed by atoms with van der Waals surface area (Å²) in [5, 5.41) is 2.24. The quantitative estimate of drug-likeness (QED) is 0.888. The fraction of sp³-hybridized carbons (Fsp3) is 0.385. The van der Waals surface area contributed by atoms with Crippen LogP contribution in [0.15, 0.2) is 24.3 Å². The predicted octanol–water partition coefficient (Wildman–Crippen LogP) is 1.72. The molecule has 1 atom stereocenters. The number of hydrogen-bond acceptors (Lipinski definition) is 2. The van der Waals surface area contributed by atoms with Gasteiger partial charge in [0, 0.05) is 13.6 Å². The first kappa shape index (κ1) is 16.8. The molecular weight excluding hydrogens is 287 g/mol. The van der Waals surface area contributed by atoms with Crippen LogP contribution in [-0.2, 0) is 17.5 Å². The van der Waals surface area contributed by atoms with Crippen LogP contribution in [0, 0.1) is 0 Å². The summed E-state index contributed by atoms with van der Waals surface area (Å²) in [7, 11) is 1.49. The van der Waals surface area contributed by atoms with Crippen LogP contribution < -0.4 is 11.1 Å². The molecule has 21 heavy (non-hydrogen) atoms. The minimum atomic E-state index is -4.39. The molecule has 8 heteroatoms. The van der Waals surface area contributed by atoms with Crippen molar-refractivity contribution in [3.05, 3.63) is 35.4 Å². The van der Waals surface area contributed by atoms with Gasteiger partial charge in [-0.25, -0.2) is 4.79 Å². The second-order valence-electron chi connectivity index (χ2n) is 4.62. The van der Waals surface area contributed by atoms with Gasteiger partial charge in [-0.3, -0.25) is 4.79 Å². The number of urea groups is 1. The SMILES string of the molecule is CC(NC(N)=O)C(=O)N(C)Cc1ccc(C(F)(F)F)cc1. The summed E-state index contributed by atoms with van der Waals surface area (Å²) in [6.45, 7) is 1.60. The Labute approximate surface area is 119 Å².